The maximum Gasteiger partial charge on any atom is 0.510 e. The Bertz CT molecular complexity index is 813. The molecule has 3 atom stereocenters. The van der Waals surface area contributed by atoms with Crippen LogP contribution in [0.4, 0.5) is 4.79 Å². The van der Waals surface area contributed by atoms with Crippen molar-refractivity contribution in [2.24, 2.45) is 16.8 Å². The van der Waals surface area contributed by atoms with Gasteiger partial charge in [-0.05, 0) is 82.0 Å². The van der Waals surface area contributed by atoms with E-state index in [0.29, 0.717) is 18.4 Å². The number of methoxy groups -OCH3 is 1. The third-order valence-electron chi connectivity index (χ3n) is 8.15. The summed E-state index contributed by atoms with van der Waals surface area (Å²) < 4.78 is 10.8. The van der Waals surface area contributed by atoms with E-state index in [0.717, 1.165) is 37.5 Å². The second kappa shape index (κ2) is 14.3. The molecule has 1 aromatic carbocycles. The fraction of sp³-hybridized carbons (Fsp3) is 0.724. The Kier molecular flexibility index (Phi) is 11.4. The first-order chi connectivity index (χ1) is 17.4. The molecule has 36 heavy (non-hydrogen) atoms. The predicted molar refractivity (Wildman–Crippen MR) is 151 cm³/mol. The Morgan fingerprint density at radius 1 is 1.22 bits per heavy atom. The van der Waals surface area contributed by atoms with Crippen molar-refractivity contribution in [3.63, 3.8) is 0 Å². The summed E-state index contributed by atoms with van der Waals surface area (Å²) in [7, 11) is 5.86. The quantitative estimate of drug-likeness (QED) is 0.295. The highest BCUT2D eigenvalue weighted by Gasteiger charge is 2.49. The van der Waals surface area contributed by atoms with Crippen LogP contribution in [0.5, 0.6) is 0 Å². The zero-order valence-electron chi connectivity index (χ0n) is 23.0. The van der Waals surface area contributed by atoms with Gasteiger partial charge in [0.2, 0.25) is 5.72 Å². The highest BCUT2D eigenvalue weighted by molar-refractivity contribution is 7.98. The van der Waals surface area contributed by atoms with Gasteiger partial charge in [-0.25, -0.2) is 9.79 Å². The van der Waals surface area contributed by atoms with Crippen molar-refractivity contribution < 1.29 is 14.3 Å². The molecule has 202 valence electrons. The van der Waals surface area contributed by atoms with Crippen molar-refractivity contribution in [3.8, 4) is 0 Å². The maximum atomic E-state index is 12.2. The van der Waals surface area contributed by atoms with Gasteiger partial charge in [0.1, 0.15) is 0 Å². The SMILES string of the molecule is CCCN1C=NC(CCSC)(OC(=O)OC)C1CC1CCC(C(CCc2ccccc2)N(C)C)CC1. The van der Waals surface area contributed by atoms with Gasteiger partial charge in [-0.1, -0.05) is 50.1 Å². The van der Waals surface area contributed by atoms with Crippen molar-refractivity contribution in [3.05, 3.63) is 35.9 Å². The fourth-order valence-corrected chi connectivity index (χ4v) is 6.70. The molecule has 0 aromatic heterocycles. The van der Waals surface area contributed by atoms with E-state index in [1.54, 1.807) is 11.8 Å². The van der Waals surface area contributed by atoms with Crippen LogP contribution in [0.15, 0.2) is 35.3 Å². The lowest BCUT2D eigenvalue weighted by Crippen LogP contribution is -2.50. The monoisotopic (exact) mass is 517 g/mol. The van der Waals surface area contributed by atoms with Crippen molar-refractivity contribution in [2.75, 3.05) is 39.8 Å². The number of aryl methyl sites for hydroxylation is 1. The molecule has 0 radical (unpaired) electrons. The summed E-state index contributed by atoms with van der Waals surface area (Å²) in [5.41, 5.74) is 0.590. The van der Waals surface area contributed by atoms with E-state index in [9.17, 15) is 4.79 Å². The topological polar surface area (TPSA) is 54.4 Å². The van der Waals surface area contributed by atoms with Crippen LogP contribution in [0, 0.1) is 11.8 Å². The summed E-state index contributed by atoms with van der Waals surface area (Å²) in [4.78, 5) is 21.8. The number of benzene rings is 1. The third-order valence-corrected chi connectivity index (χ3v) is 8.76. The molecule has 0 bridgehead atoms. The molecule has 0 amide bonds. The summed E-state index contributed by atoms with van der Waals surface area (Å²) >= 11 is 1.76. The zero-order chi connectivity index (χ0) is 26.0. The van der Waals surface area contributed by atoms with E-state index in [-0.39, 0.29) is 6.04 Å². The minimum Gasteiger partial charge on any atom is -0.438 e. The minimum absolute atomic E-state index is 0.0768. The van der Waals surface area contributed by atoms with Gasteiger partial charge in [0, 0.05) is 19.0 Å². The van der Waals surface area contributed by atoms with Crippen LogP contribution >= 0.6 is 11.8 Å². The minimum atomic E-state index is -0.843. The largest absolute Gasteiger partial charge is 0.510 e. The number of rotatable bonds is 13. The molecule has 1 aromatic rings. The van der Waals surface area contributed by atoms with E-state index in [2.05, 4.69) is 67.4 Å². The third kappa shape index (κ3) is 7.64. The molecule has 3 unspecified atom stereocenters. The molecular weight excluding hydrogens is 470 g/mol. The van der Waals surface area contributed by atoms with Crippen LogP contribution < -0.4 is 0 Å². The van der Waals surface area contributed by atoms with Gasteiger partial charge in [0.25, 0.3) is 0 Å². The average molecular weight is 518 g/mol. The van der Waals surface area contributed by atoms with E-state index in [4.69, 9.17) is 14.5 Å². The summed E-state index contributed by atoms with van der Waals surface area (Å²) in [5.74, 6) is 2.25. The number of nitrogens with zero attached hydrogens (tertiary/aromatic N) is 3. The molecule has 1 saturated carbocycles. The highest BCUT2D eigenvalue weighted by atomic mass is 32.2. The van der Waals surface area contributed by atoms with Gasteiger partial charge in [-0.2, -0.15) is 11.8 Å². The summed E-state index contributed by atoms with van der Waals surface area (Å²) in [5, 5.41) is 0. The van der Waals surface area contributed by atoms with Gasteiger partial charge in [-0.3, -0.25) is 0 Å². The molecule has 1 heterocycles. The standard InChI is InChI=1S/C29H47N3O3S/c1-6-19-32-22-30-29(18-20-36-5,35-28(33)34-4)27(32)21-24-12-15-25(16-13-24)26(31(2)3)17-14-23-10-8-7-9-11-23/h7-11,22,24-27H,6,12-21H2,1-5H3. The molecule has 1 aliphatic carbocycles. The van der Waals surface area contributed by atoms with Crippen LogP contribution in [-0.4, -0.2) is 79.9 Å². The Balaban J connectivity index is 1.64. The number of thioether (sulfide) groups is 1. The molecule has 7 heteroatoms. The molecule has 1 aliphatic heterocycles. The molecule has 0 saturated heterocycles. The second-order valence-corrected chi connectivity index (χ2v) is 11.7. The highest BCUT2D eigenvalue weighted by Crippen LogP contribution is 2.41. The summed E-state index contributed by atoms with van der Waals surface area (Å²) in [6, 6.07) is 11.6. The van der Waals surface area contributed by atoms with Gasteiger partial charge < -0.3 is 19.3 Å². The average Bonchev–Trinajstić information content (AvgIpc) is 3.21. The van der Waals surface area contributed by atoms with Crippen LogP contribution in [0.1, 0.15) is 63.9 Å². The van der Waals surface area contributed by atoms with Crippen LogP contribution in [0.3, 0.4) is 0 Å². The Morgan fingerprint density at radius 2 is 1.94 bits per heavy atom. The normalized spacial score (nSPS) is 26.8. The Hall–Kier alpha value is -1.73. The number of hydrogen-bond donors (Lipinski definition) is 0. The number of ether oxygens (including phenoxy) is 2. The molecule has 3 rings (SSSR count). The number of carbonyl (C=O) groups is 1. The second-order valence-electron chi connectivity index (χ2n) is 10.7. The molecule has 0 N–H and O–H groups in total. The number of carbonyl (C=O) groups excluding carboxylic acids is 1. The van der Waals surface area contributed by atoms with Gasteiger partial charge >= 0.3 is 6.16 Å². The predicted octanol–water partition coefficient (Wildman–Crippen LogP) is 6.10. The zero-order valence-corrected chi connectivity index (χ0v) is 23.8. The summed E-state index contributed by atoms with van der Waals surface area (Å²) in [6.07, 6.45) is 13.5. The first kappa shape index (κ1) is 28.8. The van der Waals surface area contributed by atoms with Crippen LogP contribution in [-0.2, 0) is 15.9 Å². The fourth-order valence-electron chi connectivity index (χ4n) is 6.20. The van der Waals surface area contributed by atoms with E-state index >= 15 is 0 Å². The Morgan fingerprint density at radius 3 is 2.56 bits per heavy atom. The van der Waals surface area contributed by atoms with Gasteiger partial charge in [0.05, 0.1) is 19.5 Å². The van der Waals surface area contributed by atoms with Crippen molar-refractivity contribution >= 4 is 24.3 Å². The smallest absolute Gasteiger partial charge is 0.438 e. The van der Waals surface area contributed by atoms with Crippen molar-refractivity contribution in [2.45, 2.75) is 82.5 Å². The first-order valence-corrected chi connectivity index (χ1v) is 15.1. The van der Waals surface area contributed by atoms with Gasteiger partial charge in [-0.15, -0.1) is 0 Å². The molecule has 0 spiro atoms. The lowest BCUT2D eigenvalue weighted by Gasteiger charge is -2.41. The Labute approximate surface area is 223 Å². The van der Waals surface area contributed by atoms with Crippen LogP contribution in [0.2, 0.25) is 0 Å². The maximum absolute atomic E-state index is 12.2. The van der Waals surface area contributed by atoms with E-state index < -0.39 is 11.9 Å². The van der Waals surface area contributed by atoms with Crippen molar-refractivity contribution in [1.29, 1.82) is 0 Å². The molecule has 2 aliphatic rings. The molecule has 1 fully saturated rings. The van der Waals surface area contributed by atoms with Crippen molar-refractivity contribution in [1.82, 2.24) is 9.80 Å². The van der Waals surface area contributed by atoms with Crippen LogP contribution in [0.25, 0.3) is 0 Å². The lowest BCUT2D eigenvalue weighted by atomic mass is 9.74. The molecular formula is C29H47N3O3S. The lowest BCUT2D eigenvalue weighted by molar-refractivity contribution is -0.0588. The van der Waals surface area contributed by atoms with E-state index in [1.165, 1.54) is 44.8 Å². The summed E-state index contributed by atoms with van der Waals surface area (Å²) in [6.45, 7) is 3.12. The van der Waals surface area contributed by atoms with E-state index in [1.807, 2.05) is 6.34 Å². The first-order valence-electron chi connectivity index (χ1n) is 13.7. The van der Waals surface area contributed by atoms with Gasteiger partial charge in [0.15, 0.2) is 0 Å². The number of hydrogen-bond acceptors (Lipinski definition) is 7. The number of aliphatic imine (C=N–C) groups is 1. The molecule has 6 nitrogen and oxygen atoms in total.